The van der Waals surface area contributed by atoms with Gasteiger partial charge in [0.05, 0.1) is 28.5 Å². The Balaban J connectivity index is 1.64. The molecule has 3 aromatic heterocycles. The van der Waals surface area contributed by atoms with Crippen molar-refractivity contribution >= 4 is 32.8 Å². The Labute approximate surface area is 154 Å². The van der Waals surface area contributed by atoms with E-state index < -0.39 is 0 Å². The molecule has 0 fully saturated rings. The number of fused-ring (bicyclic) bond motifs is 1. The molecule has 0 saturated carbocycles. The van der Waals surface area contributed by atoms with Crippen molar-refractivity contribution in [2.24, 2.45) is 0 Å². The number of hydrogen-bond acceptors (Lipinski definition) is 6. The fourth-order valence-electron chi connectivity index (χ4n) is 2.78. The van der Waals surface area contributed by atoms with Crippen LogP contribution >= 0.6 is 22.7 Å². The van der Waals surface area contributed by atoms with Crippen molar-refractivity contribution < 1.29 is 0 Å². The lowest BCUT2D eigenvalue weighted by atomic mass is 10.2. The van der Waals surface area contributed by atoms with Crippen molar-refractivity contribution in [1.29, 1.82) is 0 Å². The van der Waals surface area contributed by atoms with Crippen molar-refractivity contribution in [2.75, 3.05) is 11.9 Å². The number of aryl methyl sites for hydroxylation is 2. The summed E-state index contributed by atoms with van der Waals surface area (Å²) in [4.78, 5) is 13.7. The van der Waals surface area contributed by atoms with Gasteiger partial charge in [0.25, 0.3) is 0 Å². The molecule has 0 radical (unpaired) electrons. The van der Waals surface area contributed by atoms with Gasteiger partial charge in [-0.05, 0) is 20.8 Å². The van der Waals surface area contributed by atoms with E-state index in [0.717, 1.165) is 26.5 Å². The maximum atomic E-state index is 4.78. The first-order chi connectivity index (χ1) is 12.0. The molecule has 0 saturated heterocycles. The minimum absolute atomic E-state index is 0.201. The van der Waals surface area contributed by atoms with Crippen molar-refractivity contribution in [1.82, 2.24) is 19.6 Å². The van der Waals surface area contributed by atoms with Crippen molar-refractivity contribution in [2.45, 2.75) is 26.8 Å². The quantitative estimate of drug-likeness (QED) is 0.522. The van der Waals surface area contributed by atoms with E-state index in [4.69, 9.17) is 4.98 Å². The highest BCUT2D eigenvalue weighted by Crippen LogP contribution is 2.36. The van der Waals surface area contributed by atoms with E-state index in [-0.39, 0.29) is 6.04 Å². The average Bonchev–Trinajstić information content (AvgIpc) is 3.27. The van der Waals surface area contributed by atoms with Crippen molar-refractivity contribution in [3.63, 3.8) is 0 Å². The molecule has 0 N–H and O–H groups in total. The minimum Gasteiger partial charge on any atom is -0.342 e. The molecule has 0 aliphatic carbocycles. The fraction of sp³-hybridized carbons (Fsp3) is 0.278. The maximum absolute atomic E-state index is 4.78. The van der Waals surface area contributed by atoms with Gasteiger partial charge in [0.1, 0.15) is 5.01 Å². The standard InChI is InChI=1S/C18H19N5S2/c1-11-10-23-17(19-11)25-18(21-23)22(4)13(3)15-12(2)20-16(24-15)14-8-6-5-7-9-14/h5-10,13H,1-4H3. The van der Waals surface area contributed by atoms with E-state index in [9.17, 15) is 0 Å². The molecule has 4 rings (SSSR count). The highest BCUT2D eigenvalue weighted by Gasteiger charge is 2.22. The van der Waals surface area contributed by atoms with Crippen LogP contribution in [-0.2, 0) is 0 Å². The molecule has 0 spiro atoms. The van der Waals surface area contributed by atoms with Gasteiger partial charge in [-0.25, -0.2) is 14.5 Å². The van der Waals surface area contributed by atoms with Crippen molar-refractivity contribution in [3.05, 3.63) is 52.8 Å². The number of imidazole rings is 1. The molecule has 0 aliphatic heterocycles. The zero-order chi connectivity index (χ0) is 17.6. The summed E-state index contributed by atoms with van der Waals surface area (Å²) in [5.41, 5.74) is 3.24. The predicted molar refractivity (Wildman–Crippen MR) is 105 cm³/mol. The van der Waals surface area contributed by atoms with Crippen molar-refractivity contribution in [3.8, 4) is 10.6 Å². The molecule has 5 nitrogen and oxygen atoms in total. The largest absolute Gasteiger partial charge is 0.342 e. The van der Waals surface area contributed by atoms with Crippen LogP contribution in [-0.4, -0.2) is 26.6 Å². The van der Waals surface area contributed by atoms with E-state index in [1.165, 1.54) is 10.4 Å². The maximum Gasteiger partial charge on any atom is 0.214 e. The molecule has 0 bridgehead atoms. The Morgan fingerprint density at radius 3 is 2.56 bits per heavy atom. The molecule has 0 aliphatic rings. The summed E-state index contributed by atoms with van der Waals surface area (Å²) in [6.45, 7) is 6.27. The Kier molecular flexibility index (Phi) is 4.05. The number of thiazole rings is 1. The first-order valence-electron chi connectivity index (χ1n) is 8.11. The van der Waals surface area contributed by atoms with Gasteiger partial charge in [-0.2, -0.15) is 0 Å². The number of aromatic nitrogens is 4. The fourth-order valence-corrected chi connectivity index (χ4v) is 4.92. The van der Waals surface area contributed by atoms with Crippen LogP contribution in [0.5, 0.6) is 0 Å². The van der Waals surface area contributed by atoms with Crippen LogP contribution in [0.15, 0.2) is 36.5 Å². The number of rotatable bonds is 4. The topological polar surface area (TPSA) is 46.3 Å². The third kappa shape index (κ3) is 2.94. The predicted octanol–water partition coefficient (Wildman–Crippen LogP) is 4.73. The Morgan fingerprint density at radius 1 is 1.08 bits per heavy atom. The third-order valence-corrected chi connectivity index (χ3v) is 6.66. The van der Waals surface area contributed by atoms with Crippen LogP contribution < -0.4 is 4.90 Å². The Hall–Kier alpha value is -2.25. The van der Waals surface area contributed by atoms with Crippen LogP contribution in [0, 0.1) is 13.8 Å². The average molecular weight is 370 g/mol. The molecule has 7 heteroatoms. The first kappa shape index (κ1) is 16.2. The van der Waals surface area contributed by atoms with E-state index in [0.29, 0.717) is 0 Å². The third-order valence-electron chi connectivity index (χ3n) is 4.27. The van der Waals surface area contributed by atoms with Crippen LogP contribution in [0.3, 0.4) is 0 Å². The summed E-state index contributed by atoms with van der Waals surface area (Å²) in [5, 5.41) is 6.69. The molecule has 128 valence electrons. The van der Waals surface area contributed by atoms with E-state index in [1.54, 1.807) is 22.7 Å². The second-order valence-corrected chi connectivity index (χ2v) is 8.08. The van der Waals surface area contributed by atoms with Gasteiger partial charge in [-0.3, -0.25) is 0 Å². The molecule has 1 atom stereocenters. The Morgan fingerprint density at radius 2 is 1.84 bits per heavy atom. The minimum atomic E-state index is 0.201. The molecule has 0 amide bonds. The zero-order valence-electron chi connectivity index (χ0n) is 14.6. The zero-order valence-corrected chi connectivity index (χ0v) is 16.2. The second-order valence-electron chi connectivity index (χ2n) is 6.12. The molecule has 25 heavy (non-hydrogen) atoms. The van der Waals surface area contributed by atoms with Gasteiger partial charge in [0.15, 0.2) is 0 Å². The lowest BCUT2D eigenvalue weighted by Gasteiger charge is -2.23. The highest BCUT2D eigenvalue weighted by molar-refractivity contribution is 7.20. The highest BCUT2D eigenvalue weighted by atomic mass is 32.1. The lowest BCUT2D eigenvalue weighted by Crippen LogP contribution is -2.21. The van der Waals surface area contributed by atoms with Gasteiger partial charge in [0, 0.05) is 12.6 Å². The summed E-state index contributed by atoms with van der Waals surface area (Å²) in [6, 6.07) is 10.5. The molecular weight excluding hydrogens is 350 g/mol. The monoisotopic (exact) mass is 369 g/mol. The van der Waals surface area contributed by atoms with Crippen LogP contribution in [0.2, 0.25) is 0 Å². The summed E-state index contributed by atoms with van der Waals surface area (Å²) in [6.07, 6.45) is 1.96. The molecular formula is C18H19N5S2. The smallest absolute Gasteiger partial charge is 0.214 e. The van der Waals surface area contributed by atoms with Gasteiger partial charge < -0.3 is 4.90 Å². The van der Waals surface area contributed by atoms with Crippen LogP contribution in [0.4, 0.5) is 5.13 Å². The lowest BCUT2D eigenvalue weighted by molar-refractivity contribution is 0.733. The molecule has 1 unspecified atom stereocenters. The van der Waals surface area contributed by atoms with E-state index >= 15 is 0 Å². The van der Waals surface area contributed by atoms with Gasteiger partial charge in [-0.1, -0.05) is 41.7 Å². The number of nitrogens with zero attached hydrogens (tertiary/aromatic N) is 5. The molecule has 1 aromatic carbocycles. The SMILES string of the molecule is Cc1cn2nc(N(C)C(C)c3sc(-c4ccccc4)nc3C)sc2n1. The first-order valence-corrected chi connectivity index (χ1v) is 9.74. The number of benzene rings is 1. The second kappa shape index (κ2) is 6.24. The molecule has 4 aromatic rings. The normalized spacial score (nSPS) is 12.6. The van der Waals surface area contributed by atoms with E-state index in [2.05, 4.69) is 60.1 Å². The van der Waals surface area contributed by atoms with Gasteiger partial charge in [0.2, 0.25) is 10.1 Å². The van der Waals surface area contributed by atoms with Crippen LogP contribution in [0.1, 0.15) is 29.2 Å². The number of hydrogen-bond donors (Lipinski definition) is 0. The summed E-state index contributed by atoms with van der Waals surface area (Å²) < 4.78 is 1.85. The summed E-state index contributed by atoms with van der Waals surface area (Å²) in [7, 11) is 2.08. The summed E-state index contributed by atoms with van der Waals surface area (Å²) in [5.74, 6) is 0. The number of anilines is 1. The van der Waals surface area contributed by atoms with Crippen LogP contribution in [0.25, 0.3) is 15.5 Å². The molecule has 3 heterocycles. The summed E-state index contributed by atoms with van der Waals surface area (Å²) >= 11 is 3.37. The van der Waals surface area contributed by atoms with Gasteiger partial charge in [-0.15, -0.1) is 16.4 Å². The van der Waals surface area contributed by atoms with E-state index in [1.807, 2.05) is 23.7 Å². The van der Waals surface area contributed by atoms with Gasteiger partial charge >= 0.3 is 0 Å². The Bertz CT molecular complexity index is 983.